The van der Waals surface area contributed by atoms with Crippen LogP contribution in [0.3, 0.4) is 0 Å². The van der Waals surface area contributed by atoms with Crippen molar-refractivity contribution in [2.24, 2.45) is 0 Å². The second kappa shape index (κ2) is 7.89. The van der Waals surface area contributed by atoms with Gasteiger partial charge in [0.05, 0.1) is 12.8 Å². The van der Waals surface area contributed by atoms with Gasteiger partial charge in [-0.05, 0) is 61.0 Å². The molecule has 0 saturated heterocycles. The fraction of sp³-hybridized carbons (Fsp3) is 0.100. The largest absolute Gasteiger partial charge is 0.467 e. The summed E-state index contributed by atoms with van der Waals surface area (Å²) >= 11 is 6.06. The Morgan fingerprint density at radius 3 is 2.31 bits per heavy atom. The lowest BCUT2D eigenvalue weighted by Crippen LogP contribution is -2.22. The summed E-state index contributed by atoms with van der Waals surface area (Å²) in [7, 11) is 0. The number of benzene rings is 2. The van der Waals surface area contributed by atoms with Crippen LogP contribution in [0.25, 0.3) is 0 Å². The maximum absolute atomic E-state index is 12.3. The van der Waals surface area contributed by atoms with E-state index < -0.39 is 0 Å². The van der Waals surface area contributed by atoms with E-state index in [9.17, 15) is 9.59 Å². The molecule has 0 aliphatic rings. The quantitative estimate of drug-likeness (QED) is 0.700. The number of aryl methyl sites for hydroxylation is 1. The van der Waals surface area contributed by atoms with Crippen LogP contribution in [0.5, 0.6) is 0 Å². The van der Waals surface area contributed by atoms with Crippen LogP contribution >= 0.6 is 11.6 Å². The van der Waals surface area contributed by atoms with E-state index >= 15 is 0 Å². The molecule has 3 rings (SSSR count). The Hall–Kier alpha value is -3.05. The molecule has 0 spiro atoms. The van der Waals surface area contributed by atoms with Gasteiger partial charge in [0.25, 0.3) is 11.8 Å². The maximum atomic E-state index is 12.3. The molecule has 2 aromatic carbocycles. The van der Waals surface area contributed by atoms with Gasteiger partial charge in [0.1, 0.15) is 5.76 Å². The number of amides is 2. The molecule has 2 amide bonds. The highest BCUT2D eigenvalue weighted by atomic mass is 35.5. The monoisotopic (exact) mass is 368 g/mol. The van der Waals surface area contributed by atoms with Crippen LogP contribution in [0, 0.1) is 6.92 Å². The molecule has 6 heteroatoms. The zero-order valence-corrected chi connectivity index (χ0v) is 14.8. The summed E-state index contributed by atoms with van der Waals surface area (Å²) in [5.74, 6) is 0.164. The van der Waals surface area contributed by atoms with Gasteiger partial charge in [0, 0.05) is 21.8 Å². The number of anilines is 1. The second-order valence-corrected chi connectivity index (χ2v) is 6.16. The summed E-state index contributed by atoms with van der Waals surface area (Å²) in [6, 6.07) is 15.3. The topological polar surface area (TPSA) is 71.3 Å². The van der Waals surface area contributed by atoms with Gasteiger partial charge in [-0.3, -0.25) is 9.59 Å². The minimum Gasteiger partial charge on any atom is -0.467 e. The van der Waals surface area contributed by atoms with Crippen molar-refractivity contribution in [2.45, 2.75) is 13.5 Å². The zero-order valence-electron chi connectivity index (χ0n) is 14.1. The number of halogens is 1. The molecule has 0 aliphatic carbocycles. The van der Waals surface area contributed by atoms with Crippen molar-refractivity contribution in [3.63, 3.8) is 0 Å². The fourth-order valence-corrected chi connectivity index (χ4v) is 2.51. The van der Waals surface area contributed by atoms with Crippen molar-refractivity contribution in [2.75, 3.05) is 5.32 Å². The highest BCUT2D eigenvalue weighted by molar-refractivity contribution is 6.31. The van der Waals surface area contributed by atoms with Gasteiger partial charge in [-0.1, -0.05) is 17.7 Å². The average Bonchev–Trinajstić information content (AvgIpc) is 3.16. The standard InChI is InChI=1S/C20H17ClN2O3/c1-13-4-9-16(11-18(13)21)23-20(25)15-7-5-14(6-8-15)19(24)22-12-17-3-2-10-26-17/h2-11H,12H2,1H3,(H,22,24)(H,23,25). The first-order valence-corrected chi connectivity index (χ1v) is 8.39. The molecular weight excluding hydrogens is 352 g/mol. The molecule has 0 unspecified atom stereocenters. The summed E-state index contributed by atoms with van der Waals surface area (Å²) in [6.45, 7) is 2.20. The average molecular weight is 369 g/mol. The Kier molecular flexibility index (Phi) is 5.39. The number of hydrogen-bond acceptors (Lipinski definition) is 3. The molecule has 0 bridgehead atoms. The van der Waals surface area contributed by atoms with E-state index in [1.807, 2.05) is 13.0 Å². The normalized spacial score (nSPS) is 10.4. The Bertz CT molecular complexity index is 919. The number of hydrogen-bond donors (Lipinski definition) is 2. The van der Waals surface area contributed by atoms with Crippen LogP contribution in [-0.4, -0.2) is 11.8 Å². The third kappa shape index (κ3) is 4.32. The number of carbonyl (C=O) groups excluding carboxylic acids is 2. The van der Waals surface area contributed by atoms with Crippen molar-refractivity contribution in [1.82, 2.24) is 5.32 Å². The second-order valence-electron chi connectivity index (χ2n) is 5.76. The zero-order chi connectivity index (χ0) is 18.5. The van der Waals surface area contributed by atoms with E-state index in [4.69, 9.17) is 16.0 Å². The van der Waals surface area contributed by atoms with Crippen molar-refractivity contribution in [3.05, 3.63) is 88.3 Å². The summed E-state index contributed by atoms with van der Waals surface area (Å²) < 4.78 is 5.17. The summed E-state index contributed by atoms with van der Waals surface area (Å²) in [4.78, 5) is 24.4. The molecular formula is C20H17ClN2O3. The number of furan rings is 1. The summed E-state index contributed by atoms with van der Waals surface area (Å²) in [5, 5.41) is 6.13. The van der Waals surface area contributed by atoms with Gasteiger partial charge in [0.2, 0.25) is 0 Å². The molecule has 132 valence electrons. The smallest absolute Gasteiger partial charge is 0.255 e. The highest BCUT2D eigenvalue weighted by Gasteiger charge is 2.10. The van der Waals surface area contributed by atoms with Gasteiger partial charge in [0.15, 0.2) is 0 Å². The van der Waals surface area contributed by atoms with Gasteiger partial charge in [-0.2, -0.15) is 0 Å². The van der Waals surface area contributed by atoms with E-state index in [0.717, 1.165) is 5.56 Å². The van der Waals surface area contributed by atoms with Crippen LogP contribution in [-0.2, 0) is 6.54 Å². The van der Waals surface area contributed by atoms with Crippen LogP contribution in [0.4, 0.5) is 5.69 Å². The Morgan fingerprint density at radius 1 is 1.00 bits per heavy atom. The number of nitrogens with one attached hydrogen (secondary N) is 2. The summed E-state index contributed by atoms with van der Waals surface area (Å²) in [6.07, 6.45) is 1.55. The molecule has 1 aromatic heterocycles. The van der Waals surface area contributed by atoms with Crippen LogP contribution in [0.15, 0.2) is 65.3 Å². The number of rotatable bonds is 5. The molecule has 0 atom stereocenters. The molecule has 26 heavy (non-hydrogen) atoms. The molecule has 0 aliphatic heterocycles. The highest BCUT2D eigenvalue weighted by Crippen LogP contribution is 2.20. The van der Waals surface area contributed by atoms with Gasteiger partial charge >= 0.3 is 0 Å². The molecule has 1 heterocycles. The molecule has 3 aromatic rings. The lowest BCUT2D eigenvalue weighted by atomic mass is 10.1. The lowest BCUT2D eigenvalue weighted by molar-refractivity contribution is 0.0946. The van der Waals surface area contributed by atoms with E-state index in [-0.39, 0.29) is 11.8 Å². The predicted molar refractivity (Wildman–Crippen MR) is 100 cm³/mol. The van der Waals surface area contributed by atoms with Gasteiger partial charge in [-0.25, -0.2) is 0 Å². The third-order valence-electron chi connectivity index (χ3n) is 3.84. The fourth-order valence-electron chi connectivity index (χ4n) is 2.33. The first-order valence-electron chi connectivity index (χ1n) is 8.01. The predicted octanol–water partition coefficient (Wildman–Crippen LogP) is 4.42. The Morgan fingerprint density at radius 2 is 1.69 bits per heavy atom. The van der Waals surface area contributed by atoms with Gasteiger partial charge in [-0.15, -0.1) is 0 Å². The van der Waals surface area contributed by atoms with E-state index in [2.05, 4.69) is 10.6 Å². The first-order chi connectivity index (χ1) is 12.5. The van der Waals surface area contributed by atoms with Crippen LogP contribution in [0.1, 0.15) is 32.0 Å². The number of carbonyl (C=O) groups is 2. The first kappa shape index (κ1) is 17.8. The molecule has 0 saturated carbocycles. The van der Waals surface area contributed by atoms with Crippen molar-refractivity contribution >= 4 is 29.1 Å². The van der Waals surface area contributed by atoms with E-state index in [1.165, 1.54) is 0 Å². The van der Waals surface area contributed by atoms with E-state index in [0.29, 0.717) is 34.1 Å². The molecule has 2 N–H and O–H groups in total. The maximum Gasteiger partial charge on any atom is 0.255 e. The van der Waals surface area contributed by atoms with Crippen LogP contribution in [0.2, 0.25) is 5.02 Å². The van der Waals surface area contributed by atoms with Crippen molar-refractivity contribution in [3.8, 4) is 0 Å². The van der Waals surface area contributed by atoms with Crippen LogP contribution < -0.4 is 10.6 Å². The third-order valence-corrected chi connectivity index (χ3v) is 4.25. The molecule has 0 radical (unpaired) electrons. The summed E-state index contributed by atoms with van der Waals surface area (Å²) in [5.41, 5.74) is 2.47. The van der Waals surface area contributed by atoms with Crippen molar-refractivity contribution in [1.29, 1.82) is 0 Å². The Labute approximate surface area is 156 Å². The van der Waals surface area contributed by atoms with E-state index in [1.54, 1.807) is 54.8 Å². The molecule has 5 nitrogen and oxygen atoms in total. The Balaban J connectivity index is 1.61. The molecule has 0 fully saturated rings. The minimum absolute atomic E-state index is 0.237. The minimum atomic E-state index is -0.271. The van der Waals surface area contributed by atoms with Crippen molar-refractivity contribution < 1.29 is 14.0 Å². The SMILES string of the molecule is Cc1ccc(NC(=O)c2ccc(C(=O)NCc3ccco3)cc2)cc1Cl. The lowest BCUT2D eigenvalue weighted by Gasteiger charge is -2.08. The van der Waals surface area contributed by atoms with Gasteiger partial charge < -0.3 is 15.1 Å².